The van der Waals surface area contributed by atoms with E-state index < -0.39 is 0 Å². The molecule has 0 bridgehead atoms. The molecule has 0 spiro atoms. The van der Waals surface area contributed by atoms with Gasteiger partial charge in [0.2, 0.25) is 5.91 Å². The summed E-state index contributed by atoms with van der Waals surface area (Å²) in [5, 5.41) is 0. The Morgan fingerprint density at radius 2 is 1.80 bits per heavy atom. The van der Waals surface area contributed by atoms with E-state index in [1.807, 2.05) is 66.9 Å². The van der Waals surface area contributed by atoms with Gasteiger partial charge in [0.25, 0.3) is 0 Å². The fourth-order valence-corrected chi connectivity index (χ4v) is 3.59. The highest BCUT2D eigenvalue weighted by atomic mass is 16.3. The molecule has 0 fully saturated rings. The van der Waals surface area contributed by atoms with Crippen molar-refractivity contribution in [2.45, 2.75) is 26.1 Å². The van der Waals surface area contributed by atoms with Crippen molar-refractivity contribution >= 4 is 22.6 Å². The molecule has 2 heterocycles. The Bertz CT molecular complexity index is 1110. The van der Waals surface area contributed by atoms with Crippen molar-refractivity contribution in [2.75, 3.05) is 19.0 Å². The minimum Gasteiger partial charge on any atom is -0.467 e. The molecule has 0 saturated carbocycles. The van der Waals surface area contributed by atoms with Gasteiger partial charge in [0, 0.05) is 26.3 Å². The molecule has 4 rings (SSSR count). The minimum absolute atomic E-state index is 0.0197. The molecule has 0 radical (unpaired) electrons. The second-order valence-electron chi connectivity index (χ2n) is 7.65. The van der Waals surface area contributed by atoms with Crippen LogP contribution in [0.3, 0.4) is 0 Å². The monoisotopic (exact) mass is 402 g/mol. The molecule has 0 saturated heterocycles. The summed E-state index contributed by atoms with van der Waals surface area (Å²) >= 11 is 0. The maximum absolute atomic E-state index is 13.5. The maximum atomic E-state index is 13.5. The molecule has 0 N–H and O–H groups in total. The maximum Gasteiger partial charge on any atom is 0.246 e. The van der Waals surface area contributed by atoms with Crippen LogP contribution in [0.25, 0.3) is 11.0 Å². The van der Waals surface area contributed by atoms with Gasteiger partial charge in [-0.2, -0.15) is 0 Å². The molecule has 1 atom stereocenters. The lowest BCUT2D eigenvalue weighted by Crippen LogP contribution is -2.35. The van der Waals surface area contributed by atoms with E-state index in [1.165, 1.54) is 0 Å². The molecule has 2 aromatic heterocycles. The summed E-state index contributed by atoms with van der Waals surface area (Å²) in [6.07, 6.45) is 3.38. The van der Waals surface area contributed by atoms with E-state index in [1.54, 1.807) is 12.6 Å². The number of furan rings is 1. The van der Waals surface area contributed by atoms with Crippen LogP contribution < -0.4 is 4.90 Å². The molecular weight excluding hydrogens is 376 g/mol. The van der Waals surface area contributed by atoms with Crippen molar-refractivity contribution in [3.8, 4) is 0 Å². The number of amides is 1. The van der Waals surface area contributed by atoms with Crippen LogP contribution in [0, 0.1) is 0 Å². The minimum atomic E-state index is -0.381. The van der Waals surface area contributed by atoms with Crippen LogP contribution in [0.2, 0.25) is 0 Å². The topological polar surface area (TPSA) is 54.5 Å². The fourth-order valence-electron chi connectivity index (χ4n) is 3.59. The lowest BCUT2D eigenvalue weighted by Gasteiger charge is -2.26. The van der Waals surface area contributed by atoms with Gasteiger partial charge in [-0.05, 0) is 48.9 Å². The summed E-state index contributed by atoms with van der Waals surface area (Å²) in [5.74, 6) is 0.780. The van der Waals surface area contributed by atoms with E-state index in [9.17, 15) is 4.79 Å². The Balaban J connectivity index is 1.60. The second kappa shape index (κ2) is 8.45. The van der Waals surface area contributed by atoms with Gasteiger partial charge < -0.3 is 18.8 Å². The number of carbonyl (C=O) groups excluding carboxylic acids is 1. The van der Waals surface area contributed by atoms with Gasteiger partial charge in [-0.25, -0.2) is 4.98 Å². The van der Waals surface area contributed by atoms with E-state index in [0.29, 0.717) is 13.1 Å². The molecule has 154 valence electrons. The van der Waals surface area contributed by atoms with Gasteiger partial charge in [-0.1, -0.05) is 24.3 Å². The van der Waals surface area contributed by atoms with Crippen LogP contribution in [0.15, 0.2) is 77.7 Å². The smallest absolute Gasteiger partial charge is 0.246 e. The normalized spacial score (nSPS) is 12.1. The third kappa shape index (κ3) is 4.08. The van der Waals surface area contributed by atoms with Crippen LogP contribution >= 0.6 is 0 Å². The average Bonchev–Trinajstić information content (AvgIpc) is 3.42. The van der Waals surface area contributed by atoms with E-state index in [-0.39, 0.29) is 11.9 Å². The number of aromatic nitrogens is 2. The number of para-hydroxylation sites is 2. The second-order valence-corrected chi connectivity index (χ2v) is 7.65. The highest BCUT2D eigenvalue weighted by Crippen LogP contribution is 2.22. The van der Waals surface area contributed by atoms with Gasteiger partial charge in [-0.3, -0.25) is 4.79 Å². The first kappa shape index (κ1) is 19.8. The van der Waals surface area contributed by atoms with Crippen molar-refractivity contribution in [1.29, 1.82) is 0 Å². The van der Waals surface area contributed by atoms with Crippen molar-refractivity contribution in [3.63, 3.8) is 0 Å². The summed E-state index contributed by atoms with van der Waals surface area (Å²) in [6.45, 7) is 2.84. The molecule has 0 unspecified atom stereocenters. The Morgan fingerprint density at radius 3 is 2.50 bits per heavy atom. The molecule has 4 aromatic rings. The molecule has 6 heteroatoms. The number of carbonyl (C=O) groups is 1. The third-order valence-corrected chi connectivity index (χ3v) is 5.32. The molecule has 0 aliphatic rings. The van der Waals surface area contributed by atoms with Crippen LogP contribution in [-0.4, -0.2) is 34.5 Å². The Morgan fingerprint density at radius 1 is 1.03 bits per heavy atom. The zero-order valence-electron chi connectivity index (χ0n) is 17.5. The number of nitrogens with zero attached hydrogens (tertiary/aromatic N) is 4. The summed E-state index contributed by atoms with van der Waals surface area (Å²) < 4.78 is 7.46. The van der Waals surface area contributed by atoms with Crippen LogP contribution in [0.1, 0.15) is 24.3 Å². The van der Waals surface area contributed by atoms with E-state index in [0.717, 1.165) is 28.0 Å². The summed E-state index contributed by atoms with van der Waals surface area (Å²) in [5.41, 5.74) is 4.03. The number of hydrogen-bond acceptors (Lipinski definition) is 4. The molecule has 2 aromatic carbocycles. The Hall–Kier alpha value is -3.54. The first-order valence-corrected chi connectivity index (χ1v) is 10.0. The first-order valence-electron chi connectivity index (χ1n) is 10.0. The largest absolute Gasteiger partial charge is 0.467 e. The van der Waals surface area contributed by atoms with Gasteiger partial charge in [0.15, 0.2) is 0 Å². The van der Waals surface area contributed by atoms with Crippen molar-refractivity contribution < 1.29 is 9.21 Å². The van der Waals surface area contributed by atoms with Crippen LogP contribution in [0.4, 0.5) is 5.69 Å². The standard InChI is InChI=1S/C24H26N4O2/c1-18(28-17-25-22-8-4-5-9-23(22)28)24(29)27(16-21-7-6-14-30-21)15-19-10-12-20(13-11-19)26(2)3/h4-14,17-18H,15-16H2,1-3H3/t18-/m0/s1. The van der Waals surface area contributed by atoms with Crippen molar-refractivity contribution in [1.82, 2.24) is 14.5 Å². The molecular formula is C24H26N4O2. The van der Waals surface area contributed by atoms with Gasteiger partial charge >= 0.3 is 0 Å². The van der Waals surface area contributed by atoms with Crippen molar-refractivity contribution in [3.05, 3.63) is 84.6 Å². The SMILES string of the molecule is C[C@@H](C(=O)N(Cc1ccc(N(C)C)cc1)Cc1ccco1)n1cnc2ccccc21. The number of fused-ring (bicyclic) bond motifs is 1. The molecule has 30 heavy (non-hydrogen) atoms. The summed E-state index contributed by atoms with van der Waals surface area (Å²) in [6, 6.07) is 19.5. The van der Waals surface area contributed by atoms with Crippen molar-refractivity contribution in [2.24, 2.45) is 0 Å². The lowest BCUT2D eigenvalue weighted by molar-refractivity contribution is -0.135. The quantitative estimate of drug-likeness (QED) is 0.457. The zero-order chi connectivity index (χ0) is 21.1. The zero-order valence-corrected chi connectivity index (χ0v) is 17.5. The average molecular weight is 402 g/mol. The predicted octanol–water partition coefficient (Wildman–Crippen LogP) is 4.49. The Labute approximate surface area is 176 Å². The first-order chi connectivity index (χ1) is 14.5. The highest BCUT2D eigenvalue weighted by Gasteiger charge is 2.24. The molecule has 1 amide bonds. The number of imidazole rings is 1. The number of anilines is 1. The fraction of sp³-hybridized carbons (Fsp3) is 0.250. The molecule has 0 aliphatic heterocycles. The summed E-state index contributed by atoms with van der Waals surface area (Å²) in [7, 11) is 4.03. The Kier molecular flexibility index (Phi) is 5.57. The van der Waals surface area contributed by atoms with Gasteiger partial charge in [0.1, 0.15) is 11.8 Å². The number of hydrogen-bond donors (Lipinski definition) is 0. The number of benzene rings is 2. The van der Waals surface area contributed by atoms with Gasteiger partial charge in [0.05, 0.1) is 30.2 Å². The van der Waals surface area contributed by atoms with E-state index in [4.69, 9.17) is 4.42 Å². The molecule has 0 aliphatic carbocycles. The lowest BCUT2D eigenvalue weighted by atomic mass is 10.1. The van der Waals surface area contributed by atoms with Crippen LogP contribution in [0.5, 0.6) is 0 Å². The predicted molar refractivity (Wildman–Crippen MR) is 118 cm³/mol. The van der Waals surface area contributed by atoms with E-state index in [2.05, 4.69) is 34.1 Å². The number of rotatable bonds is 7. The highest BCUT2D eigenvalue weighted by molar-refractivity contribution is 5.83. The summed E-state index contributed by atoms with van der Waals surface area (Å²) in [4.78, 5) is 21.8. The third-order valence-electron chi connectivity index (χ3n) is 5.32. The van der Waals surface area contributed by atoms with E-state index >= 15 is 0 Å². The molecule has 6 nitrogen and oxygen atoms in total. The van der Waals surface area contributed by atoms with Gasteiger partial charge in [-0.15, -0.1) is 0 Å². The van der Waals surface area contributed by atoms with Crippen LogP contribution in [-0.2, 0) is 17.9 Å².